The van der Waals surface area contributed by atoms with Gasteiger partial charge in [-0.1, -0.05) is 68.6 Å². The molecule has 1 aliphatic heterocycles. The fourth-order valence-electron chi connectivity index (χ4n) is 3.13. The van der Waals surface area contributed by atoms with Gasteiger partial charge in [0.2, 0.25) is 0 Å². The molecule has 3 atom stereocenters. The smallest absolute Gasteiger partial charge is 0.0635 e. The van der Waals surface area contributed by atoms with E-state index in [1.807, 2.05) is 0 Å². The molecule has 1 N–H and O–H groups in total. The number of rotatable bonds is 3. The van der Waals surface area contributed by atoms with Crippen LogP contribution >= 0.6 is 7.92 Å². The SMILES string of the molecule is OCP1C(c2ccccc2)CC[C@@H]1c1ccccc1. The van der Waals surface area contributed by atoms with Crippen molar-refractivity contribution in [3.05, 3.63) is 71.8 Å². The van der Waals surface area contributed by atoms with Crippen LogP contribution in [0.2, 0.25) is 0 Å². The molecule has 0 amide bonds. The van der Waals surface area contributed by atoms with Crippen molar-refractivity contribution in [3.8, 4) is 0 Å². The molecule has 2 unspecified atom stereocenters. The second-order valence-electron chi connectivity index (χ2n) is 5.09. The number of hydrogen-bond acceptors (Lipinski definition) is 1. The third-order valence-corrected chi connectivity index (χ3v) is 7.09. The van der Waals surface area contributed by atoms with E-state index in [1.54, 1.807) is 0 Å². The van der Waals surface area contributed by atoms with Gasteiger partial charge in [-0.05, 0) is 24.0 Å². The predicted molar refractivity (Wildman–Crippen MR) is 81.6 cm³/mol. The van der Waals surface area contributed by atoms with Crippen LogP contribution in [-0.2, 0) is 0 Å². The summed E-state index contributed by atoms with van der Waals surface area (Å²) in [6.45, 7) is 0. The van der Waals surface area contributed by atoms with Gasteiger partial charge in [0.25, 0.3) is 0 Å². The minimum Gasteiger partial charge on any atom is -0.392 e. The van der Waals surface area contributed by atoms with Gasteiger partial charge in [-0.2, -0.15) is 0 Å². The minimum atomic E-state index is -0.367. The van der Waals surface area contributed by atoms with E-state index in [0.717, 1.165) is 0 Å². The Kier molecular flexibility index (Phi) is 3.96. The van der Waals surface area contributed by atoms with Crippen LogP contribution in [0.15, 0.2) is 60.7 Å². The van der Waals surface area contributed by atoms with Gasteiger partial charge in [-0.15, -0.1) is 0 Å². The summed E-state index contributed by atoms with van der Waals surface area (Å²) in [6.07, 6.45) is 2.75. The van der Waals surface area contributed by atoms with Gasteiger partial charge in [-0.25, -0.2) is 0 Å². The molecule has 3 rings (SSSR count). The maximum Gasteiger partial charge on any atom is 0.0635 e. The van der Waals surface area contributed by atoms with Crippen molar-refractivity contribution in [1.29, 1.82) is 0 Å². The van der Waals surface area contributed by atoms with Crippen LogP contribution in [0.4, 0.5) is 0 Å². The highest BCUT2D eigenvalue weighted by Crippen LogP contribution is 2.69. The number of aliphatic hydroxyl groups is 1. The van der Waals surface area contributed by atoms with Crippen molar-refractivity contribution < 1.29 is 5.11 Å². The first-order chi connectivity index (χ1) is 9.40. The van der Waals surface area contributed by atoms with Gasteiger partial charge in [0.15, 0.2) is 0 Å². The molecule has 0 radical (unpaired) electrons. The lowest BCUT2D eigenvalue weighted by Crippen LogP contribution is -1.97. The largest absolute Gasteiger partial charge is 0.392 e. The number of aliphatic hydroxyl groups excluding tert-OH is 1. The molecule has 0 aromatic heterocycles. The maximum absolute atomic E-state index is 9.86. The van der Waals surface area contributed by atoms with Crippen LogP contribution in [0.3, 0.4) is 0 Å². The Labute approximate surface area is 116 Å². The molecule has 1 saturated heterocycles. The summed E-state index contributed by atoms with van der Waals surface area (Å²) in [4.78, 5) is 0. The molecule has 0 saturated carbocycles. The first-order valence-electron chi connectivity index (χ1n) is 6.86. The van der Waals surface area contributed by atoms with Gasteiger partial charge < -0.3 is 5.11 Å². The molecule has 0 aliphatic carbocycles. The number of hydrogen-bond donors (Lipinski definition) is 1. The monoisotopic (exact) mass is 270 g/mol. The van der Waals surface area contributed by atoms with Gasteiger partial charge in [0.1, 0.15) is 0 Å². The molecule has 1 nitrogen and oxygen atoms in total. The van der Waals surface area contributed by atoms with Gasteiger partial charge in [0.05, 0.1) is 6.35 Å². The highest BCUT2D eigenvalue weighted by molar-refractivity contribution is 7.58. The molecule has 98 valence electrons. The summed E-state index contributed by atoms with van der Waals surface area (Å²) in [5, 5.41) is 9.86. The maximum atomic E-state index is 9.86. The molecule has 1 heterocycles. The third-order valence-electron chi connectivity index (χ3n) is 4.05. The lowest BCUT2D eigenvalue weighted by molar-refractivity contribution is 0.368. The molecule has 0 bridgehead atoms. The fourth-order valence-corrected chi connectivity index (χ4v) is 6.03. The van der Waals surface area contributed by atoms with Crippen LogP contribution in [0.1, 0.15) is 35.3 Å². The Balaban J connectivity index is 1.87. The molecule has 1 aliphatic rings. The van der Waals surface area contributed by atoms with Gasteiger partial charge >= 0.3 is 0 Å². The molecular formula is C17H19OP. The second-order valence-corrected chi connectivity index (χ2v) is 7.64. The second kappa shape index (κ2) is 5.86. The summed E-state index contributed by atoms with van der Waals surface area (Å²) < 4.78 is 0. The Morgan fingerprint density at radius 1 is 0.789 bits per heavy atom. The quantitative estimate of drug-likeness (QED) is 0.802. The molecule has 0 spiro atoms. The third kappa shape index (κ3) is 2.59. The summed E-state index contributed by atoms with van der Waals surface area (Å²) in [5.74, 6) is 0. The first kappa shape index (κ1) is 12.8. The van der Waals surface area contributed by atoms with Crippen molar-refractivity contribution >= 4 is 7.92 Å². The fraction of sp³-hybridized carbons (Fsp3) is 0.294. The molecule has 2 aromatic carbocycles. The van der Waals surface area contributed by atoms with E-state index < -0.39 is 0 Å². The number of benzene rings is 2. The topological polar surface area (TPSA) is 20.2 Å². The molecule has 2 aromatic rings. The lowest BCUT2D eigenvalue weighted by atomic mass is 10.0. The van der Waals surface area contributed by atoms with Crippen LogP contribution in [-0.4, -0.2) is 11.5 Å². The van der Waals surface area contributed by atoms with Crippen LogP contribution in [0, 0.1) is 0 Å². The Morgan fingerprint density at radius 3 is 1.58 bits per heavy atom. The molecule has 2 heteroatoms. The van der Waals surface area contributed by atoms with E-state index in [4.69, 9.17) is 0 Å². The van der Waals surface area contributed by atoms with E-state index in [-0.39, 0.29) is 7.92 Å². The summed E-state index contributed by atoms with van der Waals surface area (Å²) in [6, 6.07) is 21.4. The Morgan fingerprint density at radius 2 is 1.21 bits per heavy atom. The summed E-state index contributed by atoms with van der Waals surface area (Å²) in [5.41, 5.74) is 3.93. The molecule has 1 fully saturated rings. The van der Waals surface area contributed by atoms with Gasteiger partial charge in [-0.3, -0.25) is 0 Å². The predicted octanol–water partition coefficient (Wildman–Crippen LogP) is 4.69. The molecular weight excluding hydrogens is 251 g/mol. The van der Waals surface area contributed by atoms with E-state index in [0.29, 0.717) is 17.7 Å². The minimum absolute atomic E-state index is 0.342. The lowest BCUT2D eigenvalue weighted by Gasteiger charge is -2.24. The zero-order valence-electron chi connectivity index (χ0n) is 10.9. The highest BCUT2D eigenvalue weighted by Gasteiger charge is 2.36. The molecule has 19 heavy (non-hydrogen) atoms. The highest BCUT2D eigenvalue weighted by atomic mass is 31.1. The van der Waals surface area contributed by atoms with E-state index in [2.05, 4.69) is 60.7 Å². The van der Waals surface area contributed by atoms with E-state index >= 15 is 0 Å². The average Bonchev–Trinajstić information content (AvgIpc) is 2.93. The van der Waals surface area contributed by atoms with Crippen molar-refractivity contribution in [1.82, 2.24) is 0 Å². The summed E-state index contributed by atoms with van der Waals surface area (Å²) >= 11 is 0. The van der Waals surface area contributed by atoms with Gasteiger partial charge in [0, 0.05) is 11.3 Å². The van der Waals surface area contributed by atoms with Crippen molar-refractivity contribution in [3.63, 3.8) is 0 Å². The van der Waals surface area contributed by atoms with Crippen molar-refractivity contribution in [2.24, 2.45) is 0 Å². The first-order valence-corrected chi connectivity index (χ1v) is 8.53. The Hall–Kier alpha value is -1.17. The van der Waals surface area contributed by atoms with E-state index in [1.165, 1.54) is 24.0 Å². The van der Waals surface area contributed by atoms with Crippen LogP contribution in [0.25, 0.3) is 0 Å². The average molecular weight is 270 g/mol. The van der Waals surface area contributed by atoms with Crippen LogP contribution in [0.5, 0.6) is 0 Å². The summed E-state index contributed by atoms with van der Waals surface area (Å²) in [7, 11) is -0.367. The zero-order valence-corrected chi connectivity index (χ0v) is 11.8. The normalized spacial score (nSPS) is 26.5. The zero-order chi connectivity index (χ0) is 13.1. The van der Waals surface area contributed by atoms with Crippen molar-refractivity contribution in [2.45, 2.75) is 24.2 Å². The standard InChI is InChI=1S/C17H19OP/c18-13-19-16(14-7-3-1-4-8-14)11-12-17(19)15-9-5-2-6-10-15/h1-10,16-18H,11-13H2/t16-,17?,19?/m1/s1. The van der Waals surface area contributed by atoms with E-state index in [9.17, 15) is 5.11 Å². The Bertz CT molecular complexity index is 464. The van der Waals surface area contributed by atoms with Crippen molar-refractivity contribution in [2.75, 3.05) is 6.35 Å². The van der Waals surface area contributed by atoms with Crippen LogP contribution < -0.4 is 0 Å².